The molecule has 310 valence electrons. The molecular formula is C66H40S. The van der Waals surface area contributed by atoms with Crippen LogP contribution in [0.3, 0.4) is 0 Å². The van der Waals surface area contributed by atoms with E-state index in [1.54, 1.807) is 0 Å². The van der Waals surface area contributed by atoms with Gasteiger partial charge in [0.1, 0.15) is 0 Å². The van der Waals surface area contributed by atoms with Gasteiger partial charge in [0.15, 0.2) is 0 Å². The second-order valence-corrected chi connectivity index (χ2v) is 18.5. The Morgan fingerprint density at radius 2 is 0.433 bits per heavy atom. The van der Waals surface area contributed by atoms with E-state index in [0.29, 0.717) is 0 Å². The highest BCUT2D eigenvalue weighted by molar-refractivity contribution is 7.80. The van der Waals surface area contributed by atoms with E-state index in [4.69, 9.17) is 12.6 Å². The number of hydrogen-bond acceptors (Lipinski definition) is 1. The van der Waals surface area contributed by atoms with Gasteiger partial charge < -0.3 is 0 Å². The normalized spacial score (nSPS) is 12.0. The van der Waals surface area contributed by atoms with Crippen molar-refractivity contribution in [2.75, 3.05) is 0 Å². The Hall–Kier alpha value is -8.23. The SMILES string of the molecule is Sc1ccc2c(-c3cccc4ccccc34)c3cc4cc5c(-c6cccc7ccccc67)c6ccccc6c(-c6cccc7ccccc67)c5cc4cc3c(-c3cccc4ccccc34)c2c1. The molecule has 0 radical (unpaired) electrons. The molecule has 14 rings (SSSR count). The lowest BCUT2D eigenvalue weighted by atomic mass is 9.81. The third-order valence-electron chi connectivity index (χ3n) is 14.4. The van der Waals surface area contributed by atoms with Crippen molar-refractivity contribution in [3.05, 3.63) is 237 Å². The second kappa shape index (κ2) is 14.9. The first kappa shape index (κ1) is 38.1. The molecule has 14 aromatic carbocycles. The molecule has 0 nitrogen and oxygen atoms in total. The molecule has 14 aromatic rings. The Balaban J connectivity index is 1.22. The minimum absolute atomic E-state index is 0.941. The van der Waals surface area contributed by atoms with Gasteiger partial charge in [-0.25, -0.2) is 0 Å². The lowest BCUT2D eigenvalue weighted by molar-refractivity contribution is 1.53. The van der Waals surface area contributed by atoms with Crippen LogP contribution in [-0.2, 0) is 0 Å². The molecule has 0 unspecified atom stereocenters. The molecule has 0 saturated carbocycles. The number of thiol groups is 1. The summed E-state index contributed by atoms with van der Waals surface area (Å²) in [6.07, 6.45) is 0. The van der Waals surface area contributed by atoms with Gasteiger partial charge in [0.05, 0.1) is 0 Å². The molecule has 0 aliphatic rings. The van der Waals surface area contributed by atoms with Gasteiger partial charge in [-0.05, 0) is 178 Å². The summed E-state index contributed by atoms with van der Waals surface area (Å²) in [7, 11) is 0. The van der Waals surface area contributed by atoms with Crippen LogP contribution in [-0.4, -0.2) is 0 Å². The fourth-order valence-corrected chi connectivity index (χ4v) is 11.8. The second-order valence-electron chi connectivity index (χ2n) is 18.0. The summed E-state index contributed by atoms with van der Waals surface area (Å²) in [5.74, 6) is 0. The Morgan fingerprint density at radius 1 is 0.179 bits per heavy atom. The van der Waals surface area contributed by atoms with Crippen molar-refractivity contribution < 1.29 is 0 Å². The summed E-state index contributed by atoms with van der Waals surface area (Å²) in [5, 5.41) is 22.1. The standard InChI is InChI=1S/C66H40S/c67-46-33-34-57-62(39-46)66(54-32-14-22-43-18-4-8-26-50(43)54)61-38-45-36-59-58(35-44(45)37-60(61)65(57)53-31-13-21-42-17-3-7-25-49(42)53)63(51-29-11-19-40-15-1-5-23-47(40)51)55-27-9-10-28-56(55)64(59)52-30-12-20-41-16-2-6-24-48(41)52/h1-39,67H. The van der Waals surface area contributed by atoms with Gasteiger partial charge in [0.2, 0.25) is 0 Å². The van der Waals surface area contributed by atoms with Crippen molar-refractivity contribution in [2.24, 2.45) is 0 Å². The zero-order valence-electron chi connectivity index (χ0n) is 36.5. The maximum atomic E-state index is 5.03. The molecule has 0 N–H and O–H groups in total. The van der Waals surface area contributed by atoms with Crippen LogP contribution < -0.4 is 0 Å². The number of hydrogen-bond donors (Lipinski definition) is 1. The van der Waals surface area contributed by atoms with Crippen molar-refractivity contribution in [1.29, 1.82) is 0 Å². The van der Waals surface area contributed by atoms with Crippen LogP contribution in [0, 0.1) is 0 Å². The van der Waals surface area contributed by atoms with Crippen LogP contribution in [0.1, 0.15) is 0 Å². The molecule has 0 bridgehead atoms. The molecule has 0 spiro atoms. The smallest absolute Gasteiger partial charge is 0.00465 e. The van der Waals surface area contributed by atoms with E-state index < -0.39 is 0 Å². The third-order valence-corrected chi connectivity index (χ3v) is 14.7. The fraction of sp³-hybridized carbons (Fsp3) is 0. The van der Waals surface area contributed by atoms with E-state index in [-0.39, 0.29) is 0 Å². The number of benzene rings is 14. The van der Waals surface area contributed by atoms with Crippen molar-refractivity contribution in [3.63, 3.8) is 0 Å². The Bertz CT molecular complexity index is 4380. The van der Waals surface area contributed by atoms with Gasteiger partial charge in [-0.15, -0.1) is 12.6 Å². The molecular weight excluding hydrogens is 825 g/mol. The maximum absolute atomic E-state index is 5.03. The molecule has 0 aliphatic heterocycles. The van der Waals surface area contributed by atoms with Gasteiger partial charge in [-0.1, -0.05) is 200 Å². The van der Waals surface area contributed by atoms with E-state index in [1.807, 2.05) is 0 Å². The monoisotopic (exact) mass is 864 g/mol. The molecule has 67 heavy (non-hydrogen) atoms. The highest BCUT2D eigenvalue weighted by Crippen LogP contribution is 2.51. The predicted octanol–water partition coefficient (Wildman–Crippen LogP) is 19.0. The summed E-state index contributed by atoms with van der Waals surface area (Å²) >= 11 is 5.03. The minimum Gasteiger partial charge on any atom is -0.143 e. The van der Waals surface area contributed by atoms with Crippen LogP contribution in [0.2, 0.25) is 0 Å². The molecule has 0 heterocycles. The molecule has 0 fully saturated rings. The van der Waals surface area contributed by atoms with Gasteiger partial charge in [0, 0.05) is 4.90 Å². The molecule has 0 aromatic heterocycles. The molecule has 0 aliphatic carbocycles. The van der Waals surface area contributed by atoms with Gasteiger partial charge in [-0.2, -0.15) is 0 Å². The molecule has 0 saturated heterocycles. The van der Waals surface area contributed by atoms with Crippen LogP contribution in [0.25, 0.3) is 141 Å². The summed E-state index contributed by atoms with van der Waals surface area (Å²) in [6, 6.07) is 88.2. The first-order chi connectivity index (χ1) is 33.2. The summed E-state index contributed by atoms with van der Waals surface area (Å²) in [5.41, 5.74) is 9.93. The largest absolute Gasteiger partial charge is 0.143 e. The highest BCUT2D eigenvalue weighted by Gasteiger charge is 2.23. The quantitative estimate of drug-likeness (QED) is 0.132. The van der Waals surface area contributed by atoms with Gasteiger partial charge in [0.25, 0.3) is 0 Å². The maximum Gasteiger partial charge on any atom is 0.00465 e. The Labute approximate surface area is 393 Å². The summed E-state index contributed by atoms with van der Waals surface area (Å²) in [4.78, 5) is 0.941. The highest BCUT2D eigenvalue weighted by atomic mass is 32.1. The zero-order valence-corrected chi connectivity index (χ0v) is 37.4. The van der Waals surface area contributed by atoms with Crippen molar-refractivity contribution in [2.45, 2.75) is 4.90 Å². The number of fused-ring (bicyclic) bond motifs is 9. The summed E-state index contributed by atoms with van der Waals surface area (Å²) in [6.45, 7) is 0. The van der Waals surface area contributed by atoms with E-state index >= 15 is 0 Å². The van der Waals surface area contributed by atoms with E-state index in [2.05, 4.69) is 237 Å². The Morgan fingerprint density at radius 3 is 0.776 bits per heavy atom. The van der Waals surface area contributed by atoms with Gasteiger partial charge in [-0.3, -0.25) is 0 Å². The van der Waals surface area contributed by atoms with E-state index in [9.17, 15) is 0 Å². The fourth-order valence-electron chi connectivity index (χ4n) is 11.6. The average molecular weight is 865 g/mol. The van der Waals surface area contributed by atoms with E-state index in [0.717, 1.165) is 4.90 Å². The molecule has 1 heteroatoms. The van der Waals surface area contributed by atoms with Gasteiger partial charge >= 0.3 is 0 Å². The Kier molecular flexibility index (Phi) is 8.47. The minimum atomic E-state index is 0.941. The molecule has 0 amide bonds. The number of rotatable bonds is 4. The third kappa shape index (κ3) is 5.82. The molecule has 0 atom stereocenters. The van der Waals surface area contributed by atoms with E-state index in [1.165, 1.54) is 141 Å². The van der Waals surface area contributed by atoms with Crippen molar-refractivity contribution >= 4 is 110 Å². The topological polar surface area (TPSA) is 0 Å². The van der Waals surface area contributed by atoms with Crippen LogP contribution in [0.5, 0.6) is 0 Å². The zero-order chi connectivity index (χ0) is 44.2. The van der Waals surface area contributed by atoms with Crippen molar-refractivity contribution in [1.82, 2.24) is 0 Å². The first-order valence-electron chi connectivity index (χ1n) is 23.1. The van der Waals surface area contributed by atoms with Crippen molar-refractivity contribution in [3.8, 4) is 44.5 Å². The first-order valence-corrected chi connectivity index (χ1v) is 23.6. The predicted molar refractivity (Wildman–Crippen MR) is 293 cm³/mol. The lowest BCUT2D eigenvalue weighted by Crippen LogP contribution is -1.95. The van der Waals surface area contributed by atoms with Crippen LogP contribution in [0.15, 0.2) is 241 Å². The van der Waals surface area contributed by atoms with Crippen LogP contribution >= 0.6 is 12.6 Å². The average Bonchev–Trinajstić information content (AvgIpc) is 3.38. The van der Waals surface area contributed by atoms with Crippen LogP contribution in [0.4, 0.5) is 0 Å². The summed E-state index contributed by atoms with van der Waals surface area (Å²) < 4.78 is 0. The lowest BCUT2D eigenvalue weighted by Gasteiger charge is -2.22.